The second-order valence-corrected chi connectivity index (χ2v) is 3.90. The van der Waals surface area contributed by atoms with Crippen LogP contribution >= 0.6 is 0 Å². The van der Waals surface area contributed by atoms with Gasteiger partial charge in [-0.2, -0.15) is 0 Å². The number of nitrogens with two attached hydrogens (primary N) is 1. The molecule has 1 fully saturated rings. The third-order valence-corrected chi connectivity index (χ3v) is 3.25. The minimum atomic E-state index is 0.303. The first-order valence-electron chi connectivity index (χ1n) is 5.24. The van der Waals surface area contributed by atoms with E-state index in [9.17, 15) is 0 Å². The van der Waals surface area contributed by atoms with Gasteiger partial charge in [0.1, 0.15) is 0 Å². The van der Waals surface area contributed by atoms with E-state index in [4.69, 9.17) is 10.5 Å². The van der Waals surface area contributed by atoms with Gasteiger partial charge < -0.3 is 10.5 Å². The zero-order valence-corrected chi connectivity index (χ0v) is 8.88. The maximum absolute atomic E-state index is 5.79. The number of likely N-dealkylation sites (N-methyl/N-ethyl adjacent to an activating group) is 1. The van der Waals surface area contributed by atoms with E-state index in [0.717, 1.165) is 26.3 Å². The molecule has 0 unspecified atom stereocenters. The predicted octanol–water partition coefficient (Wildman–Crippen LogP) is 0.836. The van der Waals surface area contributed by atoms with Crippen molar-refractivity contribution in [1.29, 1.82) is 0 Å². The molecule has 0 bridgehead atoms. The highest BCUT2D eigenvalue weighted by Crippen LogP contribution is 2.35. The zero-order chi connectivity index (χ0) is 9.73. The third kappa shape index (κ3) is 2.42. The van der Waals surface area contributed by atoms with Crippen LogP contribution < -0.4 is 5.73 Å². The van der Waals surface area contributed by atoms with Crippen molar-refractivity contribution in [1.82, 2.24) is 4.90 Å². The molecule has 1 aliphatic rings. The molecule has 0 aromatic carbocycles. The largest absolute Gasteiger partial charge is 0.380 e. The van der Waals surface area contributed by atoms with Crippen LogP contribution in [-0.2, 0) is 4.74 Å². The molecule has 0 saturated heterocycles. The summed E-state index contributed by atoms with van der Waals surface area (Å²) in [6.07, 6.45) is 3.84. The van der Waals surface area contributed by atoms with Crippen molar-refractivity contribution < 1.29 is 4.74 Å². The first-order chi connectivity index (χ1) is 6.25. The Bertz CT molecular complexity index is 140. The van der Waals surface area contributed by atoms with E-state index >= 15 is 0 Å². The fourth-order valence-electron chi connectivity index (χ4n) is 1.91. The molecule has 0 aromatic rings. The highest BCUT2D eigenvalue weighted by molar-refractivity contribution is 4.97. The smallest absolute Gasteiger partial charge is 0.0593 e. The normalized spacial score (nSPS) is 20.3. The topological polar surface area (TPSA) is 38.5 Å². The number of hydrogen-bond donors (Lipinski definition) is 1. The number of hydrogen-bond acceptors (Lipinski definition) is 3. The number of ether oxygens (including phenoxy) is 1. The Morgan fingerprint density at radius 1 is 1.46 bits per heavy atom. The summed E-state index contributed by atoms with van der Waals surface area (Å²) in [5, 5.41) is 0. The Kier molecular flexibility index (Phi) is 4.16. The molecule has 3 heteroatoms. The van der Waals surface area contributed by atoms with Gasteiger partial charge in [0.2, 0.25) is 0 Å². The van der Waals surface area contributed by atoms with Crippen LogP contribution in [-0.4, -0.2) is 43.8 Å². The monoisotopic (exact) mass is 186 g/mol. The van der Waals surface area contributed by atoms with Gasteiger partial charge in [0.15, 0.2) is 0 Å². The van der Waals surface area contributed by atoms with Crippen LogP contribution in [0.25, 0.3) is 0 Å². The summed E-state index contributed by atoms with van der Waals surface area (Å²) < 4.78 is 5.33. The van der Waals surface area contributed by atoms with Gasteiger partial charge in [0.25, 0.3) is 0 Å². The molecule has 1 aliphatic carbocycles. The highest BCUT2D eigenvalue weighted by atomic mass is 16.5. The lowest BCUT2D eigenvalue weighted by Crippen LogP contribution is -2.57. The second kappa shape index (κ2) is 4.94. The number of rotatable bonds is 6. The van der Waals surface area contributed by atoms with Gasteiger partial charge >= 0.3 is 0 Å². The Balaban J connectivity index is 2.24. The van der Waals surface area contributed by atoms with Gasteiger partial charge in [-0.3, -0.25) is 4.90 Å². The quantitative estimate of drug-likeness (QED) is 0.625. The van der Waals surface area contributed by atoms with Crippen molar-refractivity contribution in [2.45, 2.75) is 31.7 Å². The fraction of sp³-hybridized carbons (Fsp3) is 1.00. The van der Waals surface area contributed by atoms with Crippen molar-refractivity contribution in [2.75, 3.05) is 33.4 Å². The van der Waals surface area contributed by atoms with Crippen LogP contribution in [0.1, 0.15) is 26.2 Å². The molecule has 0 aromatic heterocycles. The van der Waals surface area contributed by atoms with Crippen molar-refractivity contribution in [3.8, 4) is 0 Å². The molecule has 1 rings (SSSR count). The Hall–Kier alpha value is -0.120. The van der Waals surface area contributed by atoms with Crippen molar-refractivity contribution >= 4 is 0 Å². The van der Waals surface area contributed by atoms with E-state index < -0.39 is 0 Å². The van der Waals surface area contributed by atoms with Crippen molar-refractivity contribution in [3.63, 3.8) is 0 Å². The Morgan fingerprint density at radius 2 is 2.15 bits per heavy atom. The SMILES string of the molecule is CCOCCN(C)C1(CN)CCC1. The molecule has 2 N–H and O–H groups in total. The van der Waals surface area contributed by atoms with Gasteiger partial charge in [-0.25, -0.2) is 0 Å². The first-order valence-corrected chi connectivity index (χ1v) is 5.24. The van der Waals surface area contributed by atoms with Gasteiger partial charge in [0.05, 0.1) is 6.61 Å². The molecule has 3 nitrogen and oxygen atoms in total. The molecule has 0 amide bonds. The summed E-state index contributed by atoms with van der Waals surface area (Å²) in [5.41, 5.74) is 6.09. The van der Waals surface area contributed by atoms with Gasteiger partial charge in [-0.05, 0) is 33.2 Å². The summed E-state index contributed by atoms with van der Waals surface area (Å²) in [6, 6.07) is 0. The predicted molar refractivity (Wildman–Crippen MR) is 54.8 cm³/mol. The lowest BCUT2D eigenvalue weighted by atomic mass is 9.75. The van der Waals surface area contributed by atoms with Crippen LogP contribution in [0, 0.1) is 0 Å². The standard InChI is InChI=1S/C10H22N2O/c1-3-13-8-7-12(2)10(9-11)5-4-6-10/h3-9,11H2,1-2H3. The van der Waals surface area contributed by atoms with E-state index in [1.807, 2.05) is 6.92 Å². The van der Waals surface area contributed by atoms with E-state index in [0.29, 0.717) is 5.54 Å². The highest BCUT2D eigenvalue weighted by Gasteiger charge is 2.38. The summed E-state index contributed by atoms with van der Waals surface area (Å²) in [5.74, 6) is 0. The maximum atomic E-state index is 5.79. The molecular formula is C10H22N2O. The first kappa shape index (κ1) is 11.0. The van der Waals surface area contributed by atoms with Crippen LogP contribution in [0.2, 0.25) is 0 Å². The molecule has 0 atom stereocenters. The molecule has 1 saturated carbocycles. The van der Waals surface area contributed by atoms with Gasteiger partial charge in [-0.15, -0.1) is 0 Å². The van der Waals surface area contributed by atoms with Crippen LogP contribution in [0.15, 0.2) is 0 Å². The van der Waals surface area contributed by atoms with Crippen LogP contribution in [0.5, 0.6) is 0 Å². The summed E-state index contributed by atoms with van der Waals surface area (Å²) in [4.78, 5) is 2.37. The second-order valence-electron chi connectivity index (χ2n) is 3.90. The summed E-state index contributed by atoms with van der Waals surface area (Å²) in [7, 11) is 2.16. The minimum absolute atomic E-state index is 0.303. The summed E-state index contributed by atoms with van der Waals surface area (Å²) >= 11 is 0. The Labute approximate surface area is 81.2 Å². The molecule has 0 heterocycles. The van der Waals surface area contributed by atoms with Crippen molar-refractivity contribution in [3.05, 3.63) is 0 Å². The van der Waals surface area contributed by atoms with Crippen molar-refractivity contribution in [2.24, 2.45) is 5.73 Å². The van der Waals surface area contributed by atoms with Crippen LogP contribution in [0.4, 0.5) is 0 Å². The fourth-order valence-corrected chi connectivity index (χ4v) is 1.91. The van der Waals surface area contributed by atoms with E-state index in [-0.39, 0.29) is 0 Å². The van der Waals surface area contributed by atoms with Crippen LogP contribution in [0.3, 0.4) is 0 Å². The van der Waals surface area contributed by atoms with Gasteiger partial charge in [-0.1, -0.05) is 0 Å². The maximum Gasteiger partial charge on any atom is 0.0593 e. The lowest BCUT2D eigenvalue weighted by Gasteiger charge is -2.48. The number of nitrogens with zero attached hydrogens (tertiary/aromatic N) is 1. The van der Waals surface area contributed by atoms with Gasteiger partial charge in [0, 0.05) is 25.2 Å². The molecule has 78 valence electrons. The Morgan fingerprint density at radius 3 is 2.54 bits per heavy atom. The average Bonchev–Trinajstić information content (AvgIpc) is 2.04. The van der Waals surface area contributed by atoms with E-state index in [1.54, 1.807) is 0 Å². The molecule has 13 heavy (non-hydrogen) atoms. The zero-order valence-electron chi connectivity index (χ0n) is 8.88. The molecular weight excluding hydrogens is 164 g/mol. The van der Waals surface area contributed by atoms with E-state index in [1.165, 1.54) is 19.3 Å². The minimum Gasteiger partial charge on any atom is -0.380 e. The summed E-state index contributed by atoms with van der Waals surface area (Å²) in [6.45, 7) is 5.46. The molecule has 0 aliphatic heterocycles. The average molecular weight is 186 g/mol. The molecule has 0 radical (unpaired) electrons. The molecule has 0 spiro atoms. The third-order valence-electron chi connectivity index (χ3n) is 3.25. The van der Waals surface area contributed by atoms with E-state index in [2.05, 4.69) is 11.9 Å². The lowest BCUT2D eigenvalue weighted by molar-refractivity contribution is 0.0198.